The number of nitrogens with zero attached hydrogens (tertiary/aromatic N) is 1. The van der Waals surface area contributed by atoms with Crippen LogP contribution in [0.1, 0.15) is 59.8 Å². The van der Waals surface area contributed by atoms with Crippen LogP contribution in [0.15, 0.2) is 5.10 Å². The molecule has 2 N–H and O–H groups in total. The highest BCUT2D eigenvalue weighted by Gasteiger charge is 2.09. The molecular weight excluding hydrogens is 242 g/mol. The fourth-order valence-corrected chi connectivity index (χ4v) is 1.52. The molecule has 0 rings (SSSR count). The van der Waals surface area contributed by atoms with Gasteiger partial charge in [0.1, 0.15) is 6.42 Å². The highest BCUT2D eigenvalue weighted by molar-refractivity contribution is 5.97. The van der Waals surface area contributed by atoms with Crippen molar-refractivity contribution >= 4 is 17.5 Å². The third-order valence-corrected chi connectivity index (χ3v) is 2.44. The Morgan fingerprint density at radius 1 is 1.05 bits per heavy atom. The van der Waals surface area contributed by atoms with Crippen LogP contribution in [0.25, 0.3) is 0 Å². The van der Waals surface area contributed by atoms with E-state index < -0.39 is 0 Å². The highest BCUT2D eigenvalue weighted by atomic mass is 16.2. The second-order valence-corrected chi connectivity index (χ2v) is 5.09. The topological polar surface area (TPSA) is 70.6 Å². The molecule has 0 fully saturated rings. The van der Waals surface area contributed by atoms with E-state index in [1.54, 1.807) is 0 Å². The SMILES string of the molecule is CCCC(CCC)=NNC(=O)CC(=O)NCC(C)C. The second-order valence-electron chi connectivity index (χ2n) is 5.09. The third kappa shape index (κ3) is 10.2. The Bertz CT molecular complexity index is 304. The quantitative estimate of drug-likeness (QED) is 0.383. The molecule has 0 aromatic rings. The molecule has 19 heavy (non-hydrogen) atoms. The predicted octanol–water partition coefficient (Wildman–Crippen LogP) is 2.22. The largest absolute Gasteiger partial charge is 0.355 e. The smallest absolute Gasteiger partial charge is 0.249 e. The van der Waals surface area contributed by atoms with Gasteiger partial charge in [-0.1, -0.05) is 40.5 Å². The molecule has 0 aliphatic heterocycles. The van der Waals surface area contributed by atoms with Crippen molar-refractivity contribution in [3.63, 3.8) is 0 Å². The lowest BCUT2D eigenvalue weighted by Gasteiger charge is -2.07. The van der Waals surface area contributed by atoms with Gasteiger partial charge in [-0.3, -0.25) is 9.59 Å². The van der Waals surface area contributed by atoms with Gasteiger partial charge < -0.3 is 5.32 Å². The van der Waals surface area contributed by atoms with E-state index in [4.69, 9.17) is 0 Å². The minimum Gasteiger partial charge on any atom is -0.355 e. The van der Waals surface area contributed by atoms with Gasteiger partial charge in [-0.25, -0.2) is 5.43 Å². The van der Waals surface area contributed by atoms with Crippen LogP contribution < -0.4 is 10.7 Å². The van der Waals surface area contributed by atoms with E-state index >= 15 is 0 Å². The summed E-state index contributed by atoms with van der Waals surface area (Å²) in [6.45, 7) is 8.75. The molecule has 5 heteroatoms. The van der Waals surface area contributed by atoms with Crippen molar-refractivity contribution in [2.75, 3.05) is 6.54 Å². The van der Waals surface area contributed by atoms with E-state index in [2.05, 4.69) is 29.7 Å². The fourth-order valence-electron chi connectivity index (χ4n) is 1.52. The number of hydrazone groups is 1. The minimum atomic E-state index is -0.356. The Kier molecular flexibility index (Phi) is 9.75. The summed E-state index contributed by atoms with van der Waals surface area (Å²) >= 11 is 0. The number of nitrogens with one attached hydrogen (secondary N) is 2. The summed E-state index contributed by atoms with van der Waals surface area (Å²) in [5.41, 5.74) is 3.45. The Labute approximate surface area is 116 Å². The number of hydrogen-bond acceptors (Lipinski definition) is 3. The van der Waals surface area contributed by atoms with Gasteiger partial charge in [0.2, 0.25) is 11.8 Å². The zero-order valence-corrected chi connectivity index (χ0v) is 12.6. The molecule has 0 radical (unpaired) electrons. The fraction of sp³-hybridized carbons (Fsp3) is 0.786. The molecule has 0 aromatic carbocycles. The van der Waals surface area contributed by atoms with Crippen molar-refractivity contribution in [2.45, 2.75) is 59.8 Å². The summed E-state index contributed by atoms with van der Waals surface area (Å²) in [5.74, 6) is -0.231. The van der Waals surface area contributed by atoms with E-state index in [9.17, 15) is 9.59 Å². The molecule has 0 bridgehead atoms. The molecule has 0 saturated carbocycles. The highest BCUT2D eigenvalue weighted by Crippen LogP contribution is 1.99. The van der Waals surface area contributed by atoms with Crippen molar-refractivity contribution < 1.29 is 9.59 Å². The van der Waals surface area contributed by atoms with Crippen LogP contribution in [0.2, 0.25) is 0 Å². The maximum atomic E-state index is 11.5. The summed E-state index contributed by atoms with van der Waals surface area (Å²) in [6.07, 6.45) is 3.61. The minimum absolute atomic E-state index is 0.165. The van der Waals surface area contributed by atoms with Crippen LogP contribution in [0, 0.1) is 5.92 Å². The van der Waals surface area contributed by atoms with Crippen LogP contribution in [0.3, 0.4) is 0 Å². The normalized spacial score (nSPS) is 10.2. The molecule has 0 aromatic heterocycles. The standard InChI is InChI=1S/C14H27N3O2/c1-5-7-12(8-6-2)16-17-14(19)9-13(18)15-10-11(3)4/h11H,5-10H2,1-4H3,(H,15,18)(H,17,19). The van der Waals surface area contributed by atoms with Gasteiger partial charge >= 0.3 is 0 Å². The zero-order chi connectivity index (χ0) is 14.7. The van der Waals surface area contributed by atoms with Crippen LogP contribution in [-0.2, 0) is 9.59 Å². The first kappa shape index (κ1) is 17.6. The number of carbonyl (C=O) groups is 2. The monoisotopic (exact) mass is 269 g/mol. The summed E-state index contributed by atoms with van der Waals surface area (Å²) in [5, 5.41) is 6.79. The van der Waals surface area contributed by atoms with Crippen molar-refractivity contribution in [3.05, 3.63) is 0 Å². The van der Waals surface area contributed by atoms with E-state index in [0.29, 0.717) is 12.5 Å². The maximum absolute atomic E-state index is 11.5. The molecule has 0 aliphatic carbocycles. The van der Waals surface area contributed by atoms with Gasteiger partial charge in [0, 0.05) is 12.3 Å². The molecule has 0 heterocycles. The predicted molar refractivity (Wildman–Crippen MR) is 77.9 cm³/mol. The Morgan fingerprint density at radius 3 is 2.11 bits per heavy atom. The van der Waals surface area contributed by atoms with Crippen molar-refractivity contribution in [2.24, 2.45) is 11.0 Å². The summed E-state index contributed by atoms with van der Waals surface area (Å²) in [7, 11) is 0. The van der Waals surface area contributed by atoms with Crippen LogP contribution in [-0.4, -0.2) is 24.1 Å². The van der Waals surface area contributed by atoms with Crippen molar-refractivity contribution in [1.29, 1.82) is 0 Å². The average molecular weight is 269 g/mol. The summed E-state index contributed by atoms with van der Waals surface area (Å²) in [6, 6.07) is 0. The first-order valence-electron chi connectivity index (χ1n) is 7.10. The van der Waals surface area contributed by atoms with Crippen molar-refractivity contribution in [3.8, 4) is 0 Å². The summed E-state index contributed by atoms with van der Waals surface area (Å²) < 4.78 is 0. The van der Waals surface area contributed by atoms with E-state index in [-0.39, 0.29) is 18.2 Å². The number of amides is 2. The van der Waals surface area contributed by atoms with Gasteiger partial charge in [0.15, 0.2) is 0 Å². The number of hydrogen-bond donors (Lipinski definition) is 2. The lowest BCUT2D eigenvalue weighted by Crippen LogP contribution is -2.32. The molecule has 0 unspecified atom stereocenters. The molecule has 0 atom stereocenters. The molecular formula is C14H27N3O2. The molecule has 2 amide bonds. The first-order valence-corrected chi connectivity index (χ1v) is 7.10. The van der Waals surface area contributed by atoms with E-state index in [1.165, 1.54) is 0 Å². The lowest BCUT2D eigenvalue weighted by atomic mass is 10.1. The molecule has 0 spiro atoms. The van der Waals surface area contributed by atoms with Crippen molar-refractivity contribution in [1.82, 2.24) is 10.7 Å². The molecule has 0 aliphatic rings. The lowest BCUT2D eigenvalue weighted by molar-refractivity contribution is -0.129. The maximum Gasteiger partial charge on any atom is 0.249 e. The third-order valence-electron chi connectivity index (χ3n) is 2.44. The summed E-state index contributed by atoms with van der Waals surface area (Å²) in [4.78, 5) is 23.0. The zero-order valence-electron chi connectivity index (χ0n) is 12.6. The van der Waals surface area contributed by atoms with Gasteiger partial charge in [-0.15, -0.1) is 0 Å². The van der Waals surface area contributed by atoms with Crippen LogP contribution in [0.5, 0.6) is 0 Å². The Balaban J connectivity index is 4.07. The van der Waals surface area contributed by atoms with Gasteiger partial charge in [0.25, 0.3) is 0 Å². The van der Waals surface area contributed by atoms with Gasteiger partial charge in [-0.2, -0.15) is 5.10 Å². The average Bonchev–Trinajstić information content (AvgIpc) is 2.34. The van der Waals surface area contributed by atoms with Crippen LogP contribution >= 0.6 is 0 Å². The van der Waals surface area contributed by atoms with Crippen LogP contribution in [0.4, 0.5) is 0 Å². The second kappa shape index (κ2) is 10.5. The van der Waals surface area contributed by atoms with E-state index in [1.807, 2.05) is 13.8 Å². The number of carbonyl (C=O) groups excluding carboxylic acids is 2. The van der Waals surface area contributed by atoms with E-state index in [0.717, 1.165) is 31.4 Å². The van der Waals surface area contributed by atoms with Gasteiger partial charge in [0.05, 0.1) is 0 Å². The first-order chi connectivity index (χ1) is 8.99. The van der Waals surface area contributed by atoms with Gasteiger partial charge in [-0.05, 0) is 18.8 Å². The molecule has 0 saturated heterocycles. The molecule has 5 nitrogen and oxygen atoms in total. The Morgan fingerprint density at radius 2 is 1.63 bits per heavy atom. The Hall–Kier alpha value is -1.39. The number of rotatable bonds is 9. The molecule has 110 valence electrons.